The lowest BCUT2D eigenvalue weighted by atomic mass is 10.1. The van der Waals surface area contributed by atoms with Crippen molar-refractivity contribution in [3.63, 3.8) is 0 Å². The fraction of sp³-hybridized carbons (Fsp3) is 0.133. The molecule has 3 rings (SSSR count). The summed E-state index contributed by atoms with van der Waals surface area (Å²) in [7, 11) is 0. The normalized spacial score (nSPS) is 13.9. The molecule has 2 aromatic carbocycles. The topological polar surface area (TPSA) is 12.5 Å². The largest absolute Gasteiger partial charge is 0.430 e. The first-order chi connectivity index (χ1) is 9.54. The molecule has 102 valence electrons. The minimum atomic E-state index is 0.394. The number of thiocarbonyl (C=S) groups is 1. The van der Waals surface area contributed by atoms with Crippen LogP contribution in [-0.4, -0.2) is 5.17 Å². The van der Waals surface area contributed by atoms with Crippen molar-refractivity contribution in [1.29, 1.82) is 0 Å². The lowest BCUT2D eigenvalue weighted by molar-refractivity contribution is 0.518. The predicted octanol–water partition coefficient (Wildman–Crippen LogP) is 4.99. The molecule has 0 aromatic heterocycles. The van der Waals surface area contributed by atoms with Gasteiger partial charge in [0.15, 0.2) is 5.75 Å². The second kappa shape index (κ2) is 5.24. The molecule has 0 atom stereocenters. The number of benzene rings is 2. The van der Waals surface area contributed by atoms with Gasteiger partial charge in [0.2, 0.25) is 0 Å². The lowest BCUT2D eigenvalue weighted by Crippen LogP contribution is -2.36. The number of nitrogens with zero attached hydrogens (tertiary/aromatic N) is 1. The molecule has 5 heteroatoms. The summed E-state index contributed by atoms with van der Waals surface area (Å²) in [5, 5.41) is 1.47. The quantitative estimate of drug-likeness (QED) is 0.686. The third-order valence-electron chi connectivity index (χ3n) is 3.17. The van der Waals surface area contributed by atoms with E-state index in [2.05, 4.69) is 0 Å². The standard InChI is InChI=1S/C15H11Cl2NOS/c1-9-2-4-12(5-3-9)18-8-10-6-11(16)7-13(17)14(10)19-15(18)20/h2-7H,8H2,1H3. The van der Waals surface area contributed by atoms with Gasteiger partial charge in [0.25, 0.3) is 5.17 Å². The van der Waals surface area contributed by atoms with E-state index in [4.69, 9.17) is 40.2 Å². The van der Waals surface area contributed by atoms with E-state index < -0.39 is 0 Å². The third-order valence-corrected chi connectivity index (χ3v) is 3.97. The van der Waals surface area contributed by atoms with E-state index in [1.165, 1.54) is 5.56 Å². The van der Waals surface area contributed by atoms with Crippen molar-refractivity contribution in [1.82, 2.24) is 0 Å². The van der Waals surface area contributed by atoms with E-state index >= 15 is 0 Å². The van der Waals surface area contributed by atoms with Crippen LogP contribution in [0.15, 0.2) is 36.4 Å². The Kier molecular flexibility index (Phi) is 3.59. The summed E-state index contributed by atoms with van der Waals surface area (Å²) < 4.78 is 5.68. The fourth-order valence-electron chi connectivity index (χ4n) is 2.14. The molecular formula is C15H11Cl2NOS. The summed E-state index contributed by atoms with van der Waals surface area (Å²) in [6.45, 7) is 2.64. The number of ether oxygens (including phenoxy) is 1. The van der Waals surface area contributed by atoms with Gasteiger partial charge in [0.1, 0.15) is 0 Å². The van der Waals surface area contributed by atoms with Crippen LogP contribution in [-0.2, 0) is 6.54 Å². The van der Waals surface area contributed by atoms with Crippen LogP contribution in [0.25, 0.3) is 0 Å². The zero-order chi connectivity index (χ0) is 14.3. The van der Waals surface area contributed by atoms with Crippen molar-refractivity contribution >= 4 is 46.3 Å². The van der Waals surface area contributed by atoms with Crippen molar-refractivity contribution in [3.8, 4) is 5.75 Å². The summed E-state index contributed by atoms with van der Waals surface area (Å²) in [6, 6.07) is 11.6. The molecule has 0 unspecified atom stereocenters. The summed E-state index contributed by atoms with van der Waals surface area (Å²) in [4.78, 5) is 1.92. The van der Waals surface area contributed by atoms with Gasteiger partial charge in [0, 0.05) is 16.3 Å². The Morgan fingerprint density at radius 3 is 2.55 bits per heavy atom. The Labute approximate surface area is 132 Å². The van der Waals surface area contributed by atoms with E-state index in [9.17, 15) is 0 Å². The van der Waals surface area contributed by atoms with Crippen LogP contribution >= 0.6 is 35.4 Å². The molecule has 0 aliphatic carbocycles. The third kappa shape index (κ3) is 2.49. The lowest BCUT2D eigenvalue weighted by Gasteiger charge is -2.31. The zero-order valence-corrected chi connectivity index (χ0v) is 13.0. The first-order valence-corrected chi connectivity index (χ1v) is 7.25. The molecule has 1 aliphatic heterocycles. The smallest absolute Gasteiger partial charge is 0.269 e. The van der Waals surface area contributed by atoms with Crippen molar-refractivity contribution < 1.29 is 4.74 Å². The summed E-state index contributed by atoms with van der Waals surface area (Å²) in [5.41, 5.74) is 3.11. The molecule has 0 saturated carbocycles. The van der Waals surface area contributed by atoms with Crippen molar-refractivity contribution in [3.05, 3.63) is 57.6 Å². The van der Waals surface area contributed by atoms with E-state index in [0.717, 1.165) is 11.3 Å². The highest BCUT2D eigenvalue weighted by Crippen LogP contribution is 2.37. The van der Waals surface area contributed by atoms with Gasteiger partial charge in [-0.15, -0.1) is 0 Å². The van der Waals surface area contributed by atoms with Gasteiger partial charge in [-0.1, -0.05) is 40.9 Å². The van der Waals surface area contributed by atoms with Gasteiger partial charge in [0.05, 0.1) is 11.6 Å². The maximum absolute atomic E-state index is 6.14. The monoisotopic (exact) mass is 323 g/mol. The van der Waals surface area contributed by atoms with Gasteiger partial charge in [-0.25, -0.2) is 0 Å². The molecule has 1 aliphatic rings. The molecule has 0 bridgehead atoms. The number of anilines is 1. The van der Waals surface area contributed by atoms with Crippen LogP contribution in [0.1, 0.15) is 11.1 Å². The van der Waals surface area contributed by atoms with E-state index in [1.807, 2.05) is 42.2 Å². The molecule has 0 saturated heterocycles. The summed E-state index contributed by atoms with van der Waals surface area (Å²) in [5.74, 6) is 0.601. The SMILES string of the molecule is Cc1ccc(N2Cc3cc(Cl)cc(Cl)c3OC2=S)cc1. The molecule has 0 amide bonds. The van der Waals surface area contributed by atoms with Crippen LogP contribution in [0.4, 0.5) is 5.69 Å². The zero-order valence-electron chi connectivity index (χ0n) is 10.7. The molecule has 0 spiro atoms. The van der Waals surface area contributed by atoms with Gasteiger partial charge in [-0.05, 0) is 43.4 Å². The van der Waals surface area contributed by atoms with Gasteiger partial charge < -0.3 is 4.74 Å². The Morgan fingerprint density at radius 2 is 1.85 bits per heavy atom. The number of hydrogen-bond donors (Lipinski definition) is 0. The highest BCUT2D eigenvalue weighted by atomic mass is 35.5. The minimum Gasteiger partial charge on any atom is -0.430 e. The van der Waals surface area contributed by atoms with E-state index in [-0.39, 0.29) is 0 Å². The number of hydrogen-bond acceptors (Lipinski definition) is 2. The Morgan fingerprint density at radius 1 is 1.15 bits per heavy atom. The Balaban J connectivity index is 2.00. The Bertz CT molecular complexity index is 685. The number of halogens is 2. The van der Waals surface area contributed by atoms with Gasteiger partial charge >= 0.3 is 0 Å². The highest BCUT2D eigenvalue weighted by Gasteiger charge is 2.25. The van der Waals surface area contributed by atoms with Crippen molar-refractivity contribution in [2.24, 2.45) is 0 Å². The van der Waals surface area contributed by atoms with Crippen LogP contribution in [0, 0.1) is 6.92 Å². The van der Waals surface area contributed by atoms with Crippen LogP contribution in [0.5, 0.6) is 5.75 Å². The first kappa shape index (κ1) is 13.7. The molecule has 0 fully saturated rings. The first-order valence-electron chi connectivity index (χ1n) is 6.08. The minimum absolute atomic E-state index is 0.394. The van der Waals surface area contributed by atoms with Crippen molar-refractivity contribution in [2.75, 3.05) is 4.90 Å². The molecule has 2 nitrogen and oxygen atoms in total. The Hall–Kier alpha value is -1.29. The van der Waals surface area contributed by atoms with E-state index in [0.29, 0.717) is 27.5 Å². The van der Waals surface area contributed by atoms with E-state index in [1.54, 1.807) is 6.07 Å². The maximum atomic E-state index is 6.14. The summed E-state index contributed by atoms with van der Waals surface area (Å²) >= 11 is 17.5. The highest BCUT2D eigenvalue weighted by molar-refractivity contribution is 7.80. The fourth-order valence-corrected chi connectivity index (χ4v) is 2.97. The second-order valence-electron chi connectivity index (χ2n) is 4.67. The van der Waals surface area contributed by atoms with Crippen LogP contribution < -0.4 is 9.64 Å². The molecule has 2 aromatic rings. The number of rotatable bonds is 1. The van der Waals surface area contributed by atoms with Gasteiger partial charge in [-0.3, -0.25) is 4.90 Å². The molecule has 1 heterocycles. The van der Waals surface area contributed by atoms with Crippen molar-refractivity contribution in [2.45, 2.75) is 13.5 Å². The molecular weight excluding hydrogens is 313 g/mol. The van der Waals surface area contributed by atoms with Crippen LogP contribution in [0.2, 0.25) is 10.0 Å². The predicted molar refractivity (Wildman–Crippen MR) is 87.1 cm³/mol. The number of fused-ring (bicyclic) bond motifs is 1. The average molecular weight is 324 g/mol. The van der Waals surface area contributed by atoms with Crippen LogP contribution in [0.3, 0.4) is 0 Å². The maximum Gasteiger partial charge on any atom is 0.269 e. The molecule has 0 N–H and O–H groups in total. The number of aryl methyl sites for hydroxylation is 1. The summed E-state index contributed by atoms with van der Waals surface area (Å²) in [6.07, 6.45) is 0. The average Bonchev–Trinajstić information content (AvgIpc) is 2.40. The molecule has 0 radical (unpaired) electrons. The second-order valence-corrected chi connectivity index (χ2v) is 5.86. The van der Waals surface area contributed by atoms with Gasteiger partial charge in [-0.2, -0.15) is 0 Å². The molecule has 20 heavy (non-hydrogen) atoms.